The van der Waals surface area contributed by atoms with Crippen LogP contribution in [0.2, 0.25) is 0 Å². The SMILES string of the molecule is CC1(CN)CCN(C(=O)Cc2cccc(F)c2)C1. The van der Waals surface area contributed by atoms with Crippen molar-refractivity contribution in [2.75, 3.05) is 19.6 Å². The van der Waals surface area contributed by atoms with Crippen LogP contribution in [0.3, 0.4) is 0 Å². The quantitative estimate of drug-likeness (QED) is 0.885. The van der Waals surface area contributed by atoms with Crippen molar-refractivity contribution in [3.05, 3.63) is 35.6 Å². The lowest BCUT2D eigenvalue weighted by molar-refractivity contribution is -0.129. The van der Waals surface area contributed by atoms with E-state index in [1.165, 1.54) is 12.1 Å². The second-order valence-corrected chi connectivity index (χ2v) is 5.39. The summed E-state index contributed by atoms with van der Waals surface area (Å²) >= 11 is 0. The third-order valence-electron chi connectivity index (χ3n) is 3.65. The van der Waals surface area contributed by atoms with Gasteiger partial charge in [0.2, 0.25) is 5.91 Å². The van der Waals surface area contributed by atoms with Crippen LogP contribution in [0.5, 0.6) is 0 Å². The topological polar surface area (TPSA) is 46.3 Å². The molecule has 1 aromatic carbocycles. The summed E-state index contributed by atoms with van der Waals surface area (Å²) in [5, 5.41) is 0. The molecule has 1 aliphatic heterocycles. The van der Waals surface area contributed by atoms with Crippen LogP contribution >= 0.6 is 0 Å². The van der Waals surface area contributed by atoms with Gasteiger partial charge in [-0.2, -0.15) is 0 Å². The van der Waals surface area contributed by atoms with Crippen LogP contribution in [0.15, 0.2) is 24.3 Å². The molecule has 0 aromatic heterocycles. The van der Waals surface area contributed by atoms with Crippen molar-refractivity contribution in [2.45, 2.75) is 19.8 Å². The molecule has 1 unspecified atom stereocenters. The fraction of sp³-hybridized carbons (Fsp3) is 0.500. The van der Waals surface area contributed by atoms with Gasteiger partial charge in [0.05, 0.1) is 6.42 Å². The van der Waals surface area contributed by atoms with E-state index in [0.29, 0.717) is 13.1 Å². The third-order valence-corrected chi connectivity index (χ3v) is 3.65. The molecular formula is C14H19FN2O. The largest absolute Gasteiger partial charge is 0.342 e. The zero-order chi connectivity index (χ0) is 13.2. The summed E-state index contributed by atoms with van der Waals surface area (Å²) in [6.07, 6.45) is 1.21. The van der Waals surface area contributed by atoms with Gasteiger partial charge < -0.3 is 10.6 Å². The lowest BCUT2D eigenvalue weighted by atomic mass is 9.90. The summed E-state index contributed by atoms with van der Waals surface area (Å²) in [6, 6.07) is 6.20. The molecule has 4 heteroatoms. The van der Waals surface area contributed by atoms with Gasteiger partial charge in [-0.25, -0.2) is 4.39 Å². The molecule has 1 fully saturated rings. The molecule has 1 heterocycles. The highest BCUT2D eigenvalue weighted by molar-refractivity contribution is 5.79. The Morgan fingerprint density at radius 2 is 2.33 bits per heavy atom. The molecule has 1 saturated heterocycles. The van der Waals surface area contributed by atoms with E-state index >= 15 is 0 Å². The van der Waals surface area contributed by atoms with Gasteiger partial charge in [-0.1, -0.05) is 19.1 Å². The predicted octanol–water partition coefficient (Wildman–Crippen LogP) is 1.57. The van der Waals surface area contributed by atoms with Crippen molar-refractivity contribution in [1.29, 1.82) is 0 Å². The van der Waals surface area contributed by atoms with Crippen LogP contribution in [0.4, 0.5) is 4.39 Å². The van der Waals surface area contributed by atoms with Gasteiger partial charge in [0, 0.05) is 13.1 Å². The number of rotatable bonds is 3. The molecule has 1 aliphatic rings. The number of carbonyl (C=O) groups excluding carboxylic acids is 1. The Labute approximate surface area is 107 Å². The highest BCUT2D eigenvalue weighted by Crippen LogP contribution is 2.28. The van der Waals surface area contributed by atoms with Gasteiger partial charge in [0.1, 0.15) is 5.82 Å². The minimum Gasteiger partial charge on any atom is -0.342 e. The summed E-state index contributed by atoms with van der Waals surface area (Å²) < 4.78 is 13.0. The highest BCUT2D eigenvalue weighted by Gasteiger charge is 2.34. The molecule has 18 heavy (non-hydrogen) atoms. The second kappa shape index (κ2) is 5.06. The maximum atomic E-state index is 13.0. The van der Waals surface area contributed by atoms with Crippen LogP contribution in [0, 0.1) is 11.2 Å². The predicted molar refractivity (Wildman–Crippen MR) is 68.5 cm³/mol. The standard InChI is InChI=1S/C14H19FN2O/c1-14(9-16)5-6-17(10-14)13(18)8-11-3-2-4-12(15)7-11/h2-4,7H,5-6,8-10,16H2,1H3. The fourth-order valence-corrected chi connectivity index (χ4v) is 2.34. The van der Waals surface area contributed by atoms with Crippen molar-refractivity contribution >= 4 is 5.91 Å². The minimum atomic E-state index is -0.298. The highest BCUT2D eigenvalue weighted by atomic mass is 19.1. The van der Waals surface area contributed by atoms with Crippen LogP contribution in [-0.4, -0.2) is 30.4 Å². The second-order valence-electron chi connectivity index (χ2n) is 5.39. The maximum absolute atomic E-state index is 13.0. The smallest absolute Gasteiger partial charge is 0.227 e. The summed E-state index contributed by atoms with van der Waals surface area (Å²) in [5.41, 5.74) is 6.48. The first-order chi connectivity index (χ1) is 8.52. The summed E-state index contributed by atoms with van der Waals surface area (Å²) in [4.78, 5) is 13.9. The maximum Gasteiger partial charge on any atom is 0.227 e. The van der Waals surface area contributed by atoms with Crippen molar-refractivity contribution in [1.82, 2.24) is 4.90 Å². The Bertz CT molecular complexity index is 449. The number of nitrogens with zero attached hydrogens (tertiary/aromatic N) is 1. The van der Waals surface area contributed by atoms with E-state index in [4.69, 9.17) is 5.73 Å². The molecule has 0 radical (unpaired) electrons. The molecular weight excluding hydrogens is 231 g/mol. The third kappa shape index (κ3) is 2.88. The fourth-order valence-electron chi connectivity index (χ4n) is 2.34. The van der Waals surface area contributed by atoms with E-state index in [9.17, 15) is 9.18 Å². The first-order valence-electron chi connectivity index (χ1n) is 6.25. The molecule has 98 valence electrons. The molecule has 0 bridgehead atoms. The van der Waals surface area contributed by atoms with Gasteiger partial charge >= 0.3 is 0 Å². The van der Waals surface area contributed by atoms with E-state index in [-0.39, 0.29) is 23.6 Å². The number of hydrogen-bond donors (Lipinski definition) is 1. The Morgan fingerprint density at radius 1 is 1.56 bits per heavy atom. The molecule has 1 atom stereocenters. The van der Waals surface area contributed by atoms with Crippen molar-refractivity contribution in [3.8, 4) is 0 Å². The van der Waals surface area contributed by atoms with E-state index in [2.05, 4.69) is 6.92 Å². The van der Waals surface area contributed by atoms with Crippen LogP contribution in [0.1, 0.15) is 18.9 Å². The Balaban J connectivity index is 1.97. The van der Waals surface area contributed by atoms with Crippen LogP contribution < -0.4 is 5.73 Å². The zero-order valence-corrected chi connectivity index (χ0v) is 10.7. The average molecular weight is 250 g/mol. The van der Waals surface area contributed by atoms with Gasteiger partial charge in [0.25, 0.3) is 0 Å². The lowest BCUT2D eigenvalue weighted by Gasteiger charge is -2.22. The first kappa shape index (κ1) is 13.0. The number of nitrogens with two attached hydrogens (primary N) is 1. The van der Waals surface area contributed by atoms with E-state index in [0.717, 1.165) is 18.5 Å². The van der Waals surface area contributed by atoms with E-state index < -0.39 is 0 Å². The summed E-state index contributed by atoms with van der Waals surface area (Å²) in [7, 11) is 0. The number of carbonyl (C=O) groups is 1. The Hall–Kier alpha value is -1.42. The van der Waals surface area contributed by atoms with Crippen LogP contribution in [0.25, 0.3) is 0 Å². The summed E-state index contributed by atoms with van der Waals surface area (Å²) in [6.45, 7) is 4.15. The first-order valence-corrected chi connectivity index (χ1v) is 6.25. The number of halogens is 1. The van der Waals surface area contributed by atoms with Gasteiger partial charge in [0.15, 0.2) is 0 Å². The van der Waals surface area contributed by atoms with Gasteiger partial charge in [-0.3, -0.25) is 4.79 Å². The lowest BCUT2D eigenvalue weighted by Crippen LogP contribution is -2.35. The zero-order valence-electron chi connectivity index (χ0n) is 10.7. The molecule has 2 N–H and O–H groups in total. The normalized spacial score (nSPS) is 23.4. The average Bonchev–Trinajstić information content (AvgIpc) is 2.73. The van der Waals surface area contributed by atoms with E-state index in [1.807, 2.05) is 4.90 Å². The van der Waals surface area contributed by atoms with Crippen LogP contribution in [-0.2, 0) is 11.2 Å². The molecule has 2 rings (SSSR count). The number of likely N-dealkylation sites (tertiary alicyclic amines) is 1. The van der Waals surface area contributed by atoms with Crippen molar-refractivity contribution in [2.24, 2.45) is 11.1 Å². The number of benzene rings is 1. The van der Waals surface area contributed by atoms with Gasteiger partial charge in [-0.05, 0) is 36.1 Å². The van der Waals surface area contributed by atoms with Crippen molar-refractivity contribution < 1.29 is 9.18 Å². The monoisotopic (exact) mass is 250 g/mol. The minimum absolute atomic E-state index is 0.0393. The van der Waals surface area contributed by atoms with E-state index in [1.54, 1.807) is 12.1 Å². The number of hydrogen-bond acceptors (Lipinski definition) is 2. The summed E-state index contributed by atoms with van der Waals surface area (Å²) in [5.74, 6) is -0.244. The Kier molecular flexibility index (Phi) is 3.66. The molecule has 3 nitrogen and oxygen atoms in total. The Morgan fingerprint density at radius 3 is 2.94 bits per heavy atom. The molecule has 1 aromatic rings. The molecule has 0 spiro atoms. The molecule has 0 aliphatic carbocycles. The van der Waals surface area contributed by atoms with Crippen molar-refractivity contribution in [3.63, 3.8) is 0 Å². The number of amides is 1. The van der Waals surface area contributed by atoms with Gasteiger partial charge in [-0.15, -0.1) is 0 Å². The molecule has 1 amide bonds. The molecule has 0 saturated carbocycles.